The van der Waals surface area contributed by atoms with Crippen LogP contribution in [-0.2, 0) is 19.4 Å². The zero-order chi connectivity index (χ0) is 27.0. The minimum absolute atomic E-state index is 0.0481. The van der Waals surface area contributed by atoms with Crippen molar-refractivity contribution in [3.63, 3.8) is 0 Å². The lowest BCUT2D eigenvalue weighted by Gasteiger charge is -2.17. The molecular formula is C27H34FNO5S3. The number of benzene rings is 2. The van der Waals surface area contributed by atoms with E-state index < -0.39 is 9.84 Å². The van der Waals surface area contributed by atoms with Crippen LogP contribution in [0.4, 0.5) is 4.39 Å². The Morgan fingerprint density at radius 1 is 1.16 bits per heavy atom. The van der Waals surface area contributed by atoms with Crippen LogP contribution in [-0.4, -0.2) is 51.7 Å². The molecule has 1 atom stereocenters. The molecule has 2 aromatic carbocycles. The summed E-state index contributed by atoms with van der Waals surface area (Å²) in [6.07, 6.45) is 1.45. The van der Waals surface area contributed by atoms with Crippen LogP contribution in [0.5, 0.6) is 5.75 Å². The van der Waals surface area contributed by atoms with Gasteiger partial charge in [0, 0.05) is 21.4 Å². The molecule has 202 valence electrons. The number of hydrogen-bond donors (Lipinski definition) is 1. The number of fused-ring (bicyclic) bond motifs is 1. The van der Waals surface area contributed by atoms with Gasteiger partial charge in [0.2, 0.25) is 0 Å². The van der Waals surface area contributed by atoms with Crippen LogP contribution in [0.1, 0.15) is 37.8 Å². The summed E-state index contributed by atoms with van der Waals surface area (Å²) in [5.41, 5.74) is 1.57. The highest BCUT2D eigenvalue weighted by molar-refractivity contribution is 8.00. The van der Waals surface area contributed by atoms with E-state index in [1.807, 2.05) is 25.1 Å². The van der Waals surface area contributed by atoms with E-state index in [4.69, 9.17) is 9.47 Å². The van der Waals surface area contributed by atoms with Gasteiger partial charge in [-0.15, -0.1) is 23.1 Å². The van der Waals surface area contributed by atoms with Gasteiger partial charge in [0.1, 0.15) is 15.8 Å². The Morgan fingerprint density at radius 2 is 1.95 bits per heavy atom. The lowest BCUT2D eigenvalue weighted by molar-refractivity contribution is -0.145. The van der Waals surface area contributed by atoms with Gasteiger partial charge in [0.05, 0.1) is 12.4 Å². The van der Waals surface area contributed by atoms with E-state index in [-0.39, 0.29) is 24.1 Å². The summed E-state index contributed by atoms with van der Waals surface area (Å²) < 4.78 is 51.0. The number of aryl methyl sites for hydroxylation is 2. The molecule has 37 heavy (non-hydrogen) atoms. The second-order valence-electron chi connectivity index (χ2n) is 8.70. The maximum absolute atomic E-state index is 13.6. The average Bonchev–Trinajstić information content (AvgIpc) is 3.19. The molecule has 0 fully saturated rings. The monoisotopic (exact) mass is 567 g/mol. The van der Waals surface area contributed by atoms with E-state index in [0.29, 0.717) is 45.7 Å². The van der Waals surface area contributed by atoms with Gasteiger partial charge in [0.15, 0.2) is 16.4 Å². The van der Waals surface area contributed by atoms with Gasteiger partial charge in [0.25, 0.3) is 0 Å². The molecule has 0 spiro atoms. The molecule has 1 aromatic heterocycles. The van der Waals surface area contributed by atoms with E-state index in [1.165, 1.54) is 23.5 Å². The molecule has 0 amide bonds. The standard InChI is InChI=1S/C27H34FNO5S3/c1-5-21(35-22-9-10-24(18(3)14-22)34-17-26(30)33-6-2)16-29-12-7-13-37(31,32)27-19(4)23-15-20(28)8-11-25(23)36-27/h8-11,14-15,21,29H,5-7,12-13,16-17H2,1-4H3. The zero-order valence-corrected chi connectivity index (χ0v) is 24.1. The molecule has 1 heterocycles. The lowest BCUT2D eigenvalue weighted by Crippen LogP contribution is -2.26. The minimum atomic E-state index is -3.43. The van der Waals surface area contributed by atoms with Crippen molar-refractivity contribution >= 4 is 49.0 Å². The van der Waals surface area contributed by atoms with Crippen LogP contribution in [0.25, 0.3) is 10.1 Å². The Hall–Kier alpha value is -2.14. The maximum Gasteiger partial charge on any atom is 0.344 e. The van der Waals surface area contributed by atoms with Gasteiger partial charge in [-0.05, 0) is 93.1 Å². The predicted octanol–water partition coefficient (Wildman–Crippen LogP) is 5.92. The predicted molar refractivity (Wildman–Crippen MR) is 149 cm³/mol. The summed E-state index contributed by atoms with van der Waals surface area (Å²) in [6.45, 7) is 9.13. The van der Waals surface area contributed by atoms with Crippen molar-refractivity contribution in [2.75, 3.05) is 32.1 Å². The van der Waals surface area contributed by atoms with Crippen LogP contribution in [0.15, 0.2) is 45.5 Å². The molecule has 3 rings (SSSR count). The van der Waals surface area contributed by atoms with Gasteiger partial charge in [-0.3, -0.25) is 0 Å². The minimum Gasteiger partial charge on any atom is -0.482 e. The topological polar surface area (TPSA) is 81.7 Å². The molecule has 1 N–H and O–H groups in total. The lowest BCUT2D eigenvalue weighted by atomic mass is 10.2. The van der Waals surface area contributed by atoms with E-state index >= 15 is 0 Å². The summed E-state index contributed by atoms with van der Waals surface area (Å²) >= 11 is 2.96. The normalized spacial score (nSPS) is 12.6. The summed E-state index contributed by atoms with van der Waals surface area (Å²) in [7, 11) is -3.43. The molecule has 1 unspecified atom stereocenters. The number of halogens is 1. The van der Waals surface area contributed by atoms with Gasteiger partial charge >= 0.3 is 5.97 Å². The van der Waals surface area contributed by atoms with Crippen molar-refractivity contribution in [2.45, 2.75) is 54.9 Å². The fraction of sp³-hybridized carbons (Fsp3) is 0.444. The SMILES string of the molecule is CCOC(=O)COc1ccc(SC(CC)CNCCCS(=O)(=O)c2sc3ccc(F)cc3c2C)cc1C. The molecule has 0 saturated carbocycles. The zero-order valence-electron chi connectivity index (χ0n) is 21.6. The first-order chi connectivity index (χ1) is 17.6. The van der Waals surface area contributed by atoms with E-state index in [2.05, 4.69) is 12.2 Å². The highest BCUT2D eigenvalue weighted by Crippen LogP contribution is 2.35. The van der Waals surface area contributed by atoms with Crippen LogP contribution in [0.3, 0.4) is 0 Å². The first-order valence-corrected chi connectivity index (χ1v) is 15.7. The summed E-state index contributed by atoms with van der Waals surface area (Å²) in [6, 6.07) is 10.3. The van der Waals surface area contributed by atoms with Crippen LogP contribution in [0.2, 0.25) is 0 Å². The molecule has 0 aliphatic rings. The van der Waals surface area contributed by atoms with E-state index in [0.717, 1.165) is 28.1 Å². The number of rotatable bonds is 14. The second kappa shape index (κ2) is 13.6. The third-order valence-electron chi connectivity index (χ3n) is 5.83. The Labute approximate surface area is 226 Å². The largest absolute Gasteiger partial charge is 0.482 e. The fourth-order valence-electron chi connectivity index (χ4n) is 3.87. The molecule has 0 aliphatic carbocycles. The van der Waals surface area contributed by atoms with Crippen molar-refractivity contribution in [3.05, 3.63) is 53.3 Å². The van der Waals surface area contributed by atoms with Crippen molar-refractivity contribution < 1.29 is 27.1 Å². The number of thioether (sulfide) groups is 1. The molecule has 6 nitrogen and oxygen atoms in total. The Morgan fingerprint density at radius 3 is 2.65 bits per heavy atom. The molecule has 0 aliphatic heterocycles. The average molecular weight is 568 g/mol. The number of nitrogens with one attached hydrogen (secondary N) is 1. The van der Waals surface area contributed by atoms with Crippen LogP contribution < -0.4 is 10.1 Å². The smallest absolute Gasteiger partial charge is 0.344 e. The molecular weight excluding hydrogens is 533 g/mol. The number of esters is 1. The van der Waals surface area contributed by atoms with Crippen molar-refractivity contribution in [3.8, 4) is 5.75 Å². The highest BCUT2D eigenvalue weighted by Gasteiger charge is 2.22. The number of hydrogen-bond acceptors (Lipinski definition) is 8. The highest BCUT2D eigenvalue weighted by atomic mass is 32.2. The molecule has 0 bridgehead atoms. The van der Waals surface area contributed by atoms with E-state index in [9.17, 15) is 17.6 Å². The number of ether oxygens (including phenoxy) is 2. The molecule has 0 radical (unpaired) electrons. The Bertz CT molecular complexity index is 1320. The summed E-state index contributed by atoms with van der Waals surface area (Å²) in [5, 5.41) is 4.38. The molecule has 3 aromatic rings. The quantitative estimate of drug-likeness (QED) is 0.147. The van der Waals surface area contributed by atoms with E-state index in [1.54, 1.807) is 31.7 Å². The first kappa shape index (κ1) is 29.4. The third-order valence-corrected chi connectivity index (χ3v) is 11.0. The van der Waals surface area contributed by atoms with Gasteiger partial charge < -0.3 is 14.8 Å². The van der Waals surface area contributed by atoms with Gasteiger partial charge in [-0.2, -0.15) is 0 Å². The number of carbonyl (C=O) groups is 1. The fourth-order valence-corrected chi connectivity index (χ4v) is 8.25. The van der Waals surface area contributed by atoms with Crippen LogP contribution in [0, 0.1) is 19.7 Å². The summed E-state index contributed by atoms with van der Waals surface area (Å²) in [5.74, 6) is -0.0475. The molecule has 0 saturated heterocycles. The van der Waals surface area contributed by atoms with Crippen molar-refractivity contribution in [2.24, 2.45) is 0 Å². The second-order valence-corrected chi connectivity index (χ2v) is 13.4. The Kier molecular flexibility index (Phi) is 10.8. The Balaban J connectivity index is 1.46. The van der Waals surface area contributed by atoms with Gasteiger partial charge in [-0.25, -0.2) is 17.6 Å². The van der Waals surface area contributed by atoms with Gasteiger partial charge in [-0.1, -0.05) is 6.92 Å². The first-order valence-electron chi connectivity index (χ1n) is 12.3. The van der Waals surface area contributed by atoms with Crippen molar-refractivity contribution in [1.82, 2.24) is 5.32 Å². The number of thiophene rings is 1. The maximum atomic E-state index is 13.6. The van der Waals surface area contributed by atoms with Crippen molar-refractivity contribution in [1.29, 1.82) is 0 Å². The number of carbonyl (C=O) groups excluding carboxylic acids is 1. The summed E-state index contributed by atoms with van der Waals surface area (Å²) in [4.78, 5) is 12.6. The molecule has 10 heteroatoms. The van der Waals surface area contributed by atoms with Crippen LogP contribution >= 0.6 is 23.1 Å². The number of sulfone groups is 1. The third kappa shape index (κ3) is 8.17.